The minimum absolute atomic E-state index is 0.814. The molecule has 2 aromatic rings. The Kier molecular flexibility index (Phi) is 4.28. The Labute approximate surface area is 107 Å². The van der Waals surface area contributed by atoms with Crippen LogP contribution >= 0.6 is 0 Å². The Morgan fingerprint density at radius 3 is 2.72 bits per heavy atom. The van der Waals surface area contributed by atoms with E-state index in [0.29, 0.717) is 0 Å². The van der Waals surface area contributed by atoms with E-state index in [9.17, 15) is 0 Å². The summed E-state index contributed by atoms with van der Waals surface area (Å²) < 4.78 is 2.10. The molecule has 0 fully saturated rings. The number of aromatic nitrogens is 4. The highest BCUT2D eigenvalue weighted by molar-refractivity contribution is 5.51. The molecule has 0 unspecified atom stereocenters. The second-order valence-electron chi connectivity index (χ2n) is 4.17. The van der Waals surface area contributed by atoms with Crippen molar-refractivity contribution in [2.24, 2.45) is 0 Å². The molecule has 5 heteroatoms. The molecule has 2 heterocycles. The highest BCUT2D eigenvalue weighted by atomic mass is 15.2. The van der Waals surface area contributed by atoms with Crippen LogP contribution in [-0.2, 0) is 6.54 Å². The van der Waals surface area contributed by atoms with E-state index in [1.165, 1.54) is 0 Å². The average molecular weight is 245 g/mol. The van der Waals surface area contributed by atoms with Gasteiger partial charge in [-0.3, -0.25) is 0 Å². The highest BCUT2D eigenvalue weighted by Crippen LogP contribution is 2.15. The molecule has 0 amide bonds. The molecule has 0 atom stereocenters. The maximum absolute atomic E-state index is 4.34. The lowest BCUT2D eigenvalue weighted by atomic mass is 10.3. The van der Waals surface area contributed by atoms with Gasteiger partial charge in [-0.2, -0.15) is 0 Å². The van der Waals surface area contributed by atoms with Crippen LogP contribution in [0.1, 0.15) is 26.7 Å². The van der Waals surface area contributed by atoms with E-state index < -0.39 is 0 Å². The van der Waals surface area contributed by atoms with Gasteiger partial charge in [0.2, 0.25) is 0 Å². The summed E-state index contributed by atoms with van der Waals surface area (Å²) in [6.45, 7) is 6.13. The van der Waals surface area contributed by atoms with Crippen molar-refractivity contribution >= 4 is 5.82 Å². The number of hydrogen-bond donors (Lipinski definition) is 1. The molecule has 0 saturated carbocycles. The fourth-order valence-corrected chi connectivity index (χ4v) is 1.76. The molecule has 0 spiro atoms. The van der Waals surface area contributed by atoms with E-state index in [0.717, 1.165) is 43.3 Å². The first kappa shape index (κ1) is 12.5. The van der Waals surface area contributed by atoms with Crippen LogP contribution in [-0.4, -0.2) is 26.3 Å². The van der Waals surface area contributed by atoms with E-state index in [1.807, 2.05) is 18.3 Å². The van der Waals surface area contributed by atoms with Crippen LogP contribution in [0.3, 0.4) is 0 Å². The van der Waals surface area contributed by atoms with E-state index in [-0.39, 0.29) is 0 Å². The van der Waals surface area contributed by atoms with Crippen LogP contribution in [0.15, 0.2) is 24.5 Å². The van der Waals surface area contributed by atoms with E-state index in [1.54, 1.807) is 6.20 Å². The maximum atomic E-state index is 4.34. The third-order valence-corrected chi connectivity index (χ3v) is 2.63. The zero-order valence-electron chi connectivity index (χ0n) is 10.9. The number of anilines is 1. The van der Waals surface area contributed by atoms with E-state index in [2.05, 4.69) is 38.9 Å². The van der Waals surface area contributed by atoms with Crippen LogP contribution in [0.25, 0.3) is 11.5 Å². The molecule has 2 rings (SSSR count). The molecule has 0 bridgehead atoms. The third-order valence-electron chi connectivity index (χ3n) is 2.63. The zero-order chi connectivity index (χ0) is 12.8. The van der Waals surface area contributed by atoms with Crippen LogP contribution in [0.5, 0.6) is 0 Å². The largest absolute Gasteiger partial charge is 0.369 e. The lowest BCUT2D eigenvalue weighted by molar-refractivity contribution is 0.683. The van der Waals surface area contributed by atoms with Gasteiger partial charge in [-0.1, -0.05) is 13.8 Å². The molecule has 0 aliphatic carbocycles. The van der Waals surface area contributed by atoms with E-state index >= 15 is 0 Å². The molecule has 0 aliphatic heterocycles. The van der Waals surface area contributed by atoms with Crippen LogP contribution in [0, 0.1) is 0 Å². The van der Waals surface area contributed by atoms with Gasteiger partial charge >= 0.3 is 0 Å². The highest BCUT2D eigenvalue weighted by Gasteiger charge is 2.07. The zero-order valence-corrected chi connectivity index (χ0v) is 10.9. The van der Waals surface area contributed by atoms with Gasteiger partial charge in [0.1, 0.15) is 11.5 Å². The quantitative estimate of drug-likeness (QED) is 0.849. The number of aryl methyl sites for hydroxylation is 1. The summed E-state index contributed by atoms with van der Waals surface area (Å²) in [5.74, 6) is 1.69. The molecule has 2 aromatic heterocycles. The van der Waals surface area contributed by atoms with Gasteiger partial charge in [0.15, 0.2) is 5.82 Å². The number of nitrogens with zero attached hydrogens (tertiary/aromatic N) is 4. The first-order valence-corrected chi connectivity index (χ1v) is 6.44. The van der Waals surface area contributed by atoms with Crippen molar-refractivity contribution in [2.75, 3.05) is 11.9 Å². The molecule has 96 valence electrons. The number of hydrogen-bond acceptors (Lipinski definition) is 4. The average Bonchev–Trinajstić information content (AvgIpc) is 2.86. The summed E-state index contributed by atoms with van der Waals surface area (Å²) in [7, 11) is 0. The van der Waals surface area contributed by atoms with Gasteiger partial charge in [-0.15, -0.1) is 10.2 Å². The summed E-state index contributed by atoms with van der Waals surface area (Å²) in [4.78, 5) is 4.34. The smallest absolute Gasteiger partial charge is 0.160 e. The lowest BCUT2D eigenvalue weighted by Gasteiger charge is -2.06. The number of imidazole rings is 1. The van der Waals surface area contributed by atoms with Gasteiger partial charge in [0.05, 0.1) is 0 Å². The van der Waals surface area contributed by atoms with Gasteiger partial charge < -0.3 is 9.88 Å². The summed E-state index contributed by atoms with van der Waals surface area (Å²) in [6.07, 6.45) is 5.93. The summed E-state index contributed by atoms with van der Waals surface area (Å²) in [6, 6.07) is 3.91. The molecule has 5 nitrogen and oxygen atoms in total. The molecule has 0 aliphatic rings. The van der Waals surface area contributed by atoms with Gasteiger partial charge in [-0.25, -0.2) is 4.98 Å². The predicted molar refractivity (Wildman–Crippen MR) is 72.3 cm³/mol. The van der Waals surface area contributed by atoms with Crippen molar-refractivity contribution in [3.05, 3.63) is 24.5 Å². The van der Waals surface area contributed by atoms with Crippen LogP contribution in [0.2, 0.25) is 0 Å². The van der Waals surface area contributed by atoms with Crippen LogP contribution in [0.4, 0.5) is 5.82 Å². The fraction of sp³-hybridized carbons (Fsp3) is 0.462. The third kappa shape index (κ3) is 2.85. The fourth-order valence-electron chi connectivity index (χ4n) is 1.76. The molecule has 0 saturated heterocycles. The second kappa shape index (κ2) is 6.14. The SMILES string of the molecule is CCCNc1ccc(-c2nccn2CCC)nn1. The lowest BCUT2D eigenvalue weighted by Crippen LogP contribution is -2.04. The van der Waals surface area contributed by atoms with Crippen molar-refractivity contribution < 1.29 is 0 Å². The van der Waals surface area contributed by atoms with Gasteiger partial charge in [0.25, 0.3) is 0 Å². The first-order valence-electron chi connectivity index (χ1n) is 6.44. The van der Waals surface area contributed by atoms with Crippen molar-refractivity contribution in [1.29, 1.82) is 0 Å². The van der Waals surface area contributed by atoms with Crippen molar-refractivity contribution in [1.82, 2.24) is 19.7 Å². The predicted octanol–water partition coefficient (Wildman–Crippen LogP) is 2.57. The molecular formula is C13H19N5. The standard InChI is InChI=1S/C13H19N5/c1-3-7-14-12-6-5-11(16-17-12)13-15-8-10-18(13)9-4-2/h5-6,8,10H,3-4,7,9H2,1-2H3,(H,14,17). The number of rotatable bonds is 6. The Balaban J connectivity index is 2.15. The van der Waals surface area contributed by atoms with Crippen molar-refractivity contribution in [3.63, 3.8) is 0 Å². The first-order chi connectivity index (χ1) is 8.85. The summed E-state index contributed by atoms with van der Waals surface area (Å²) >= 11 is 0. The summed E-state index contributed by atoms with van der Waals surface area (Å²) in [5, 5.41) is 11.6. The van der Waals surface area contributed by atoms with Crippen molar-refractivity contribution in [2.45, 2.75) is 33.2 Å². The number of nitrogens with one attached hydrogen (secondary N) is 1. The van der Waals surface area contributed by atoms with Crippen molar-refractivity contribution in [3.8, 4) is 11.5 Å². The second-order valence-corrected chi connectivity index (χ2v) is 4.17. The molecule has 0 radical (unpaired) electrons. The summed E-state index contributed by atoms with van der Waals surface area (Å²) in [5.41, 5.74) is 0.815. The molecule has 1 N–H and O–H groups in total. The minimum atomic E-state index is 0.814. The molecular weight excluding hydrogens is 226 g/mol. The molecule has 0 aromatic carbocycles. The van der Waals surface area contributed by atoms with Gasteiger partial charge in [0, 0.05) is 25.5 Å². The van der Waals surface area contributed by atoms with Gasteiger partial charge in [-0.05, 0) is 25.0 Å². The maximum Gasteiger partial charge on any atom is 0.160 e. The minimum Gasteiger partial charge on any atom is -0.369 e. The topological polar surface area (TPSA) is 55.6 Å². The Morgan fingerprint density at radius 1 is 1.17 bits per heavy atom. The van der Waals surface area contributed by atoms with Crippen LogP contribution < -0.4 is 5.32 Å². The Hall–Kier alpha value is -1.91. The van der Waals surface area contributed by atoms with E-state index in [4.69, 9.17) is 0 Å². The monoisotopic (exact) mass is 245 g/mol. The normalized spacial score (nSPS) is 10.6. The Morgan fingerprint density at radius 2 is 2.06 bits per heavy atom. The Bertz CT molecular complexity index is 474. The molecule has 18 heavy (non-hydrogen) atoms.